The number of nitrogens with zero attached hydrogens (tertiary/aromatic N) is 2. The van der Waals surface area contributed by atoms with E-state index in [-0.39, 0.29) is 0 Å². The van der Waals surface area contributed by atoms with Gasteiger partial charge in [0.1, 0.15) is 10.0 Å². The standard InChI is InChI=1S/C14H17ClN2S/c15-11-5-10-14-17-16-13(18-14)9-4-8-12-6-2-1-3-7-12/h1-3,6-7H,4-5,8-11H2. The van der Waals surface area contributed by atoms with E-state index >= 15 is 0 Å². The van der Waals surface area contributed by atoms with Gasteiger partial charge in [-0.3, -0.25) is 0 Å². The number of rotatable bonds is 7. The van der Waals surface area contributed by atoms with Crippen LogP contribution in [-0.2, 0) is 19.3 Å². The molecule has 0 N–H and O–H groups in total. The molecule has 18 heavy (non-hydrogen) atoms. The number of aryl methyl sites for hydroxylation is 3. The fourth-order valence-electron chi connectivity index (χ4n) is 1.80. The molecule has 0 atom stereocenters. The molecule has 1 aromatic carbocycles. The van der Waals surface area contributed by atoms with Crippen molar-refractivity contribution in [2.24, 2.45) is 0 Å². The monoisotopic (exact) mass is 280 g/mol. The summed E-state index contributed by atoms with van der Waals surface area (Å²) in [6.45, 7) is 0. The van der Waals surface area contributed by atoms with Gasteiger partial charge in [-0.05, 0) is 24.8 Å². The second-order valence-corrected chi connectivity index (χ2v) is 5.75. The van der Waals surface area contributed by atoms with Crippen LogP contribution in [0.15, 0.2) is 30.3 Å². The van der Waals surface area contributed by atoms with Crippen molar-refractivity contribution in [1.29, 1.82) is 0 Å². The quantitative estimate of drug-likeness (QED) is 0.719. The number of hydrogen-bond acceptors (Lipinski definition) is 3. The van der Waals surface area contributed by atoms with E-state index in [1.165, 1.54) is 5.56 Å². The average molecular weight is 281 g/mol. The Kier molecular flexibility index (Phi) is 5.62. The van der Waals surface area contributed by atoms with Gasteiger partial charge >= 0.3 is 0 Å². The van der Waals surface area contributed by atoms with E-state index < -0.39 is 0 Å². The summed E-state index contributed by atoms with van der Waals surface area (Å²) in [5.74, 6) is 0.697. The van der Waals surface area contributed by atoms with E-state index in [9.17, 15) is 0 Å². The Hall–Kier alpha value is -0.930. The van der Waals surface area contributed by atoms with Crippen molar-refractivity contribution in [1.82, 2.24) is 10.2 Å². The molecular weight excluding hydrogens is 264 g/mol. The summed E-state index contributed by atoms with van der Waals surface area (Å²) in [5.41, 5.74) is 1.39. The van der Waals surface area contributed by atoms with Crippen molar-refractivity contribution in [2.45, 2.75) is 32.1 Å². The maximum Gasteiger partial charge on any atom is 0.117 e. The lowest BCUT2D eigenvalue weighted by atomic mass is 10.1. The summed E-state index contributed by atoms with van der Waals surface area (Å²) >= 11 is 7.39. The van der Waals surface area contributed by atoms with Crippen molar-refractivity contribution >= 4 is 22.9 Å². The van der Waals surface area contributed by atoms with Gasteiger partial charge in [-0.15, -0.1) is 33.1 Å². The normalized spacial score (nSPS) is 10.7. The number of alkyl halides is 1. The molecule has 2 nitrogen and oxygen atoms in total. The fraction of sp³-hybridized carbons (Fsp3) is 0.429. The zero-order valence-corrected chi connectivity index (χ0v) is 11.9. The van der Waals surface area contributed by atoms with Gasteiger partial charge in [0, 0.05) is 18.7 Å². The van der Waals surface area contributed by atoms with Crippen LogP contribution in [0.25, 0.3) is 0 Å². The predicted molar refractivity (Wildman–Crippen MR) is 77.4 cm³/mol. The lowest BCUT2D eigenvalue weighted by molar-refractivity contribution is 0.795. The van der Waals surface area contributed by atoms with Crippen LogP contribution < -0.4 is 0 Å². The van der Waals surface area contributed by atoms with E-state index in [4.69, 9.17) is 11.6 Å². The second-order valence-electron chi connectivity index (χ2n) is 4.22. The van der Waals surface area contributed by atoms with Gasteiger partial charge in [-0.2, -0.15) is 0 Å². The maximum absolute atomic E-state index is 5.67. The minimum Gasteiger partial charge on any atom is -0.144 e. The van der Waals surface area contributed by atoms with E-state index in [1.807, 2.05) is 0 Å². The Morgan fingerprint density at radius 2 is 1.56 bits per heavy atom. The first kappa shape index (κ1) is 13.5. The molecule has 0 aliphatic rings. The molecule has 0 saturated carbocycles. The fourth-order valence-corrected chi connectivity index (χ4v) is 2.86. The SMILES string of the molecule is ClCCCc1nnc(CCCc2ccccc2)s1. The molecule has 0 amide bonds. The molecule has 0 fully saturated rings. The third kappa shape index (κ3) is 4.39. The highest BCUT2D eigenvalue weighted by molar-refractivity contribution is 7.11. The highest BCUT2D eigenvalue weighted by Gasteiger charge is 2.03. The minimum absolute atomic E-state index is 0.697. The van der Waals surface area contributed by atoms with Crippen molar-refractivity contribution in [3.63, 3.8) is 0 Å². The Morgan fingerprint density at radius 3 is 2.22 bits per heavy atom. The number of halogens is 1. The van der Waals surface area contributed by atoms with Gasteiger partial charge in [0.25, 0.3) is 0 Å². The predicted octanol–water partition coefficient (Wildman–Crippen LogP) is 3.88. The zero-order valence-electron chi connectivity index (χ0n) is 10.3. The van der Waals surface area contributed by atoms with Gasteiger partial charge in [0.15, 0.2) is 0 Å². The number of hydrogen-bond donors (Lipinski definition) is 0. The van der Waals surface area contributed by atoms with E-state index in [0.29, 0.717) is 5.88 Å². The number of benzene rings is 1. The van der Waals surface area contributed by atoms with Gasteiger partial charge in [0.05, 0.1) is 0 Å². The molecule has 0 aliphatic carbocycles. The third-order valence-electron chi connectivity index (χ3n) is 2.73. The van der Waals surface area contributed by atoms with Crippen LogP contribution in [0.1, 0.15) is 28.4 Å². The molecule has 4 heteroatoms. The molecule has 2 aromatic rings. The Labute approximate surface area is 117 Å². The lowest BCUT2D eigenvalue weighted by Crippen LogP contribution is -1.89. The van der Waals surface area contributed by atoms with Crippen LogP contribution in [0.3, 0.4) is 0 Å². The Bertz CT molecular complexity index is 456. The number of aromatic nitrogens is 2. The van der Waals surface area contributed by atoms with Crippen LogP contribution in [-0.4, -0.2) is 16.1 Å². The molecular formula is C14H17ClN2S. The van der Waals surface area contributed by atoms with Gasteiger partial charge in [-0.25, -0.2) is 0 Å². The first-order chi connectivity index (χ1) is 8.88. The van der Waals surface area contributed by atoms with E-state index in [1.54, 1.807) is 11.3 Å². The van der Waals surface area contributed by atoms with E-state index in [2.05, 4.69) is 40.5 Å². The summed E-state index contributed by atoms with van der Waals surface area (Å²) in [6.07, 6.45) is 5.21. The molecule has 0 radical (unpaired) electrons. The smallest absolute Gasteiger partial charge is 0.117 e. The molecule has 0 aliphatic heterocycles. The van der Waals surface area contributed by atoms with Crippen molar-refractivity contribution in [3.8, 4) is 0 Å². The summed E-state index contributed by atoms with van der Waals surface area (Å²) in [7, 11) is 0. The first-order valence-corrected chi connectivity index (χ1v) is 7.65. The molecule has 96 valence electrons. The van der Waals surface area contributed by atoms with Crippen molar-refractivity contribution in [3.05, 3.63) is 45.9 Å². The Morgan fingerprint density at radius 1 is 0.889 bits per heavy atom. The Balaban J connectivity index is 1.75. The molecule has 0 saturated heterocycles. The molecule has 1 aromatic heterocycles. The van der Waals surface area contributed by atoms with Crippen LogP contribution in [0, 0.1) is 0 Å². The molecule has 0 unspecified atom stereocenters. The largest absolute Gasteiger partial charge is 0.144 e. The highest BCUT2D eigenvalue weighted by atomic mass is 35.5. The van der Waals surface area contributed by atoms with Gasteiger partial charge in [0.2, 0.25) is 0 Å². The van der Waals surface area contributed by atoms with Crippen molar-refractivity contribution < 1.29 is 0 Å². The van der Waals surface area contributed by atoms with Gasteiger partial charge in [-0.1, -0.05) is 30.3 Å². The molecule has 1 heterocycles. The lowest BCUT2D eigenvalue weighted by Gasteiger charge is -1.98. The topological polar surface area (TPSA) is 25.8 Å². The summed E-state index contributed by atoms with van der Waals surface area (Å²) in [5, 5.41) is 10.7. The van der Waals surface area contributed by atoms with E-state index in [0.717, 1.165) is 42.1 Å². The zero-order chi connectivity index (χ0) is 12.6. The minimum atomic E-state index is 0.697. The molecule has 0 spiro atoms. The highest BCUT2D eigenvalue weighted by Crippen LogP contribution is 2.15. The molecule has 0 bridgehead atoms. The van der Waals surface area contributed by atoms with Crippen LogP contribution in [0.2, 0.25) is 0 Å². The van der Waals surface area contributed by atoms with Crippen LogP contribution in [0.4, 0.5) is 0 Å². The average Bonchev–Trinajstić information content (AvgIpc) is 2.85. The van der Waals surface area contributed by atoms with Crippen LogP contribution >= 0.6 is 22.9 Å². The summed E-state index contributed by atoms with van der Waals surface area (Å²) in [6, 6.07) is 10.6. The molecule has 2 rings (SSSR count). The first-order valence-electron chi connectivity index (χ1n) is 6.29. The summed E-state index contributed by atoms with van der Waals surface area (Å²) < 4.78 is 0. The summed E-state index contributed by atoms with van der Waals surface area (Å²) in [4.78, 5) is 0. The van der Waals surface area contributed by atoms with Crippen LogP contribution in [0.5, 0.6) is 0 Å². The maximum atomic E-state index is 5.67. The second kappa shape index (κ2) is 7.49. The third-order valence-corrected chi connectivity index (χ3v) is 4.04. The van der Waals surface area contributed by atoms with Gasteiger partial charge < -0.3 is 0 Å². The van der Waals surface area contributed by atoms with Crippen molar-refractivity contribution in [2.75, 3.05) is 5.88 Å².